The molecule has 0 unspecified atom stereocenters. The topological polar surface area (TPSA) is 9.23 Å². The summed E-state index contributed by atoms with van der Waals surface area (Å²) in [7, 11) is 1.60. The van der Waals surface area contributed by atoms with Crippen LogP contribution in [0.15, 0.2) is 60.7 Å². The van der Waals surface area contributed by atoms with Crippen molar-refractivity contribution >= 4 is 10.8 Å². The van der Waals surface area contributed by atoms with Gasteiger partial charge in [0.05, 0.1) is 11.1 Å². The fourth-order valence-corrected chi connectivity index (χ4v) is 3.59. The van der Waals surface area contributed by atoms with E-state index in [0.717, 1.165) is 36.2 Å². The number of hydrogen-bond donors (Lipinski definition) is 0. The number of halogens is 5. The summed E-state index contributed by atoms with van der Waals surface area (Å²) in [5, 5.41) is 0.874. The van der Waals surface area contributed by atoms with Gasteiger partial charge in [-0.2, -0.15) is 0 Å². The maximum atomic E-state index is 14.6. The SMILES string of the molecule is COCCCc1ccc(C#Cc2cc(F)c(C#Cc3ccc4cc(F)c(F)cc4c3)c(F)c2)c(F)c1. The molecule has 4 aromatic carbocycles. The average molecular weight is 490 g/mol. The molecule has 0 fully saturated rings. The molecule has 0 atom stereocenters. The summed E-state index contributed by atoms with van der Waals surface area (Å²) in [6.07, 6.45) is 1.42. The Bertz CT molecular complexity index is 1540. The number of hydrogen-bond acceptors (Lipinski definition) is 1. The van der Waals surface area contributed by atoms with Gasteiger partial charge < -0.3 is 4.74 Å². The van der Waals surface area contributed by atoms with Crippen LogP contribution in [0.4, 0.5) is 22.0 Å². The van der Waals surface area contributed by atoms with Crippen molar-refractivity contribution in [2.45, 2.75) is 12.8 Å². The minimum Gasteiger partial charge on any atom is -0.385 e. The van der Waals surface area contributed by atoms with Crippen LogP contribution in [0.5, 0.6) is 0 Å². The first-order chi connectivity index (χ1) is 17.3. The highest BCUT2D eigenvalue weighted by atomic mass is 19.2. The number of methoxy groups -OCH3 is 1. The quantitative estimate of drug-likeness (QED) is 0.172. The van der Waals surface area contributed by atoms with Gasteiger partial charge in [-0.05, 0) is 77.7 Å². The standard InChI is InChI=1S/C30H19F5O/c1-36-12-2-3-19-4-8-22(26(31)14-19)9-6-21-15-27(32)25(28(33)16-21)11-7-20-5-10-23-17-29(34)30(35)18-24(23)13-20/h4-5,8,10,13-18H,2-3,12H2,1H3. The molecule has 0 spiro atoms. The van der Waals surface area contributed by atoms with Crippen molar-refractivity contribution in [3.8, 4) is 23.7 Å². The molecule has 0 saturated carbocycles. The predicted molar refractivity (Wildman–Crippen MR) is 129 cm³/mol. The van der Waals surface area contributed by atoms with E-state index in [4.69, 9.17) is 4.74 Å². The molecule has 0 heterocycles. The second-order valence-corrected chi connectivity index (χ2v) is 8.05. The molecule has 0 aromatic heterocycles. The maximum Gasteiger partial charge on any atom is 0.159 e. The zero-order valence-corrected chi connectivity index (χ0v) is 19.2. The highest BCUT2D eigenvalue weighted by Gasteiger charge is 2.09. The van der Waals surface area contributed by atoms with Crippen LogP contribution < -0.4 is 0 Å². The Kier molecular flexibility index (Phi) is 7.68. The van der Waals surface area contributed by atoms with Gasteiger partial charge in [-0.3, -0.25) is 0 Å². The lowest BCUT2D eigenvalue weighted by atomic mass is 10.1. The summed E-state index contributed by atoms with van der Waals surface area (Å²) in [5.74, 6) is 5.94. The molecule has 0 aliphatic heterocycles. The van der Waals surface area contributed by atoms with Crippen molar-refractivity contribution in [2.24, 2.45) is 0 Å². The van der Waals surface area contributed by atoms with Gasteiger partial charge >= 0.3 is 0 Å². The van der Waals surface area contributed by atoms with Crippen LogP contribution in [-0.2, 0) is 11.2 Å². The Morgan fingerprint density at radius 3 is 2.00 bits per heavy atom. The van der Waals surface area contributed by atoms with Crippen LogP contribution in [0.1, 0.15) is 34.2 Å². The first-order valence-electron chi connectivity index (χ1n) is 11.0. The lowest BCUT2D eigenvalue weighted by Crippen LogP contribution is -1.95. The molecular formula is C30H19F5O. The molecule has 0 aliphatic rings. The van der Waals surface area contributed by atoms with Gasteiger partial charge in [0.1, 0.15) is 17.5 Å². The Balaban J connectivity index is 1.55. The van der Waals surface area contributed by atoms with Crippen molar-refractivity contribution in [1.82, 2.24) is 0 Å². The van der Waals surface area contributed by atoms with Gasteiger partial charge in [0.25, 0.3) is 0 Å². The first-order valence-corrected chi connectivity index (χ1v) is 11.0. The van der Waals surface area contributed by atoms with Gasteiger partial charge in [-0.25, -0.2) is 22.0 Å². The molecular weight excluding hydrogens is 471 g/mol. The molecule has 0 aliphatic carbocycles. The second-order valence-electron chi connectivity index (χ2n) is 8.05. The van der Waals surface area contributed by atoms with E-state index < -0.39 is 34.6 Å². The second kappa shape index (κ2) is 11.1. The molecule has 0 bridgehead atoms. The van der Waals surface area contributed by atoms with Gasteiger partial charge in [0, 0.05) is 24.8 Å². The van der Waals surface area contributed by atoms with E-state index in [1.165, 1.54) is 18.2 Å². The molecule has 6 heteroatoms. The van der Waals surface area contributed by atoms with Crippen molar-refractivity contribution < 1.29 is 26.7 Å². The number of fused-ring (bicyclic) bond motifs is 1. The van der Waals surface area contributed by atoms with Crippen molar-refractivity contribution in [3.05, 3.63) is 118 Å². The summed E-state index contributed by atoms with van der Waals surface area (Å²) >= 11 is 0. The van der Waals surface area contributed by atoms with E-state index in [1.807, 2.05) is 0 Å². The van der Waals surface area contributed by atoms with Crippen LogP contribution in [0.25, 0.3) is 10.8 Å². The largest absolute Gasteiger partial charge is 0.385 e. The Morgan fingerprint density at radius 2 is 1.31 bits per heavy atom. The van der Waals surface area contributed by atoms with Gasteiger partial charge in [-0.1, -0.05) is 35.8 Å². The molecule has 180 valence electrons. The number of benzene rings is 4. The molecule has 0 N–H and O–H groups in total. The van der Waals surface area contributed by atoms with E-state index in [0.29, 0.717) is 29.4 Å². The van der Waals surface area contributed by atoms with Crippen molar-refractivity contribution in [2.75, 3.05) is 13.7 Å². The third kappa shape index (κ3) is 5.92. The molecule has 0 amide bonds. The van der Waals surface area contributed by atoms with E-state index in [2.05, 4.69) is 23.7 Å². The average Bonchev–Trinajstić information content (AvgIpc) is 2.84. The Morgan fingerprint density at radius 1 is 0.611 bits per heavy atom. The zero-order chi connectivity index (χ0) is 25.7. The molecule has 4 aromatic rings. The van der Waals surface area contributed by atoms with E-state index >= 15 is 0 Å². The van der Waals surface area contributed by atoms with Gasteiger partial charge in [0.2, 0.25) is 0 Å². The lowest BCUT2D eigenvalue weighted by molar-refractivity contribution is 0.195. The number of rotatable bonds is 4. The van der Waals surface area contributed by atoms with Crippen molar-refractivity contribution in [1.29, 1.82) is 0 Å². The first kappa shape index (κ1) is 25.0. The molecule has 0 saturated heterocycles. The van der Waals surface area contributed by atoms with Crippen LogP contribution in [0.2, 0.25) is 0 Å². The van der Waals surface area contributed by atoms with Gasteiger partial charge in [-0.15, -0.1) is 0 Å². The molecule has 0 radical (unpaired) electrons. The summed E-state index contributed by atoms with van der Waals surface area (Å²) < 4.78 is 75.4. The number of aryl methyl sites for hydroxylation is 1. The van der Waals surface area contributed by atoms with Crippen LogP contribution in [-0.4, -0.2) is 13.7 Å². The van der Waals surface area contributed by atoms with E-state index in [1.54, 1.807) is 25.3 Å². The lowest BCUT2D eigenvalue weighted by Gasteiger charge is -2.03. The van der Waals surface area contributed by atoms with E-state index in [9.17, 15) is 22.0 Å². The van der Waals surface area contributed by atoms with Crippen LogP contribution in [0, 0.1) is 52.8 Å². The maximum absolute atomic E-state index is 14.6. The Hall–Kier alpha value is -4.13. The highest BCUT2D eigenvalue weighted by Crippen LogP contribution is 2.20. The minimum atomic E-state index is -1.00. The third-order valence-corrected chi connectivity index (χ3v) is 5.44. The summed E-state index contributed by atoms with van der Waals surface area (Å²) in [6, 6.07) is 13.4. The van der Waals surface area contributed by atoms with Crippen LogP contribution >= 0.6 is 0 Å². The molecule has 4 rings (SSSR count). The fourth-order valence-electron chi connectivity index (χ4n) is 3.59. The zero-order valence-electron chi connectivity index (χ0n) is 19.2. The fraction of sp³-hybridized carbons (Fsp3) is 0.133. The minimum absolute atomic E-state index is 0.0299. The smallest absolute Gasteiger partial charge is 0.159 e. The normalized spacial score (nSPS) is 10.5. The summed E-state index contributed by atoms with van der Waals surface area (Å²) in [4.78, 5) is 0. The number of ether oxygens (including phenoxy) is 1. The van der Waals surface area contributed by atoms with Crippen LogP contribution in [0.3, 0.4) is 0 Å². The Labute approximate surface area is 205 Å². The van der Waals surface area contributed by atoms with E-state index in [-0.39, 0.29) is 11.1 Å². The monoisotopic (exact) mass is 490 g/mol. The predicted octanol–water partition coefficient (Wildman–Crippen LogP) is 6.91. The molecule has 1 nitrogen and oxygen atoms in total. The highest BCUT2D eigenvalue weighted by molar-refractivity contribution is 5.84. The third-order valence-electron chi connectivity index (χ3n) is 5.44. The van der Waals surface area contributed by atoms with Gasteiger partial charge in [0.15, 0.2) is 11.6 Å². The van der Waals surface area contributed by atoms with Crippen molar-refractivity contribution in [3.63, 3.8) is 0 Å². The molecule has 36 heavy (non-hydrogen) atoms. The summed E-state index contributed by atoms with van der Waals surface area (Å²) in [6.45, 7) is 0.574. The summed E-state index contributed by atoms with van der Waals surface area (Å²) in [5.41, 5.74) is 0.860.